The van der Waals surface area contributed by atoms with E-state index in [4.69, 9.17) is 17.0 Å². The van der Waals surface area contributed by atoms with Crippen molar-refractivity contribution in [2.45, 2.75) is 109 Å². The fraction of sp³-hybridized carbons (Fsp3) is 0.452. The SMILES string of the molecule is CCc1cc(N2C(=S)N(c3ccc(C#N)c(C(F)(F)F)c3)C(=O)C2(C)C)cnc1OC1C[C@@H](C)N(CC(=O)Cc2cccc(CC3CCC(=O)NC3=O)c2)[C@@H](C)C1. The molecule has 3 fully saturated rings. The second-order valence-electron chi connectivity index (χ2n) is 15.6. The number of ether oxygens (including phenoxy) is 1. The van der Waals surface area contributed by atoms with Gasteiger partial charge in [0.25, 0.3) is 5.91 Å². The number of alkyl halides is 3. The molecular weight excluding hydrogens is 758 g/mol. The van der Waals surface area contributed by atoms with Gasteiger partial charge in [-0.2, -0.15) is 18.4 Å². The molecule has 11 nitrogen and oxygen atoms in total. The van der Waals surface area contributed by atoms with E-state index in [-0.39, 0.29) is 65.5 Å². The number of Topliss-reactive ketones (excluding diaryl/α,β-unsaturated/α-hetero) is 1. The van der Waals surface area contributed by atoms with Crippen LogP contribution in [0.15, 0.2) is 54.7 Å². The molecule has 15 heteroatoms. The summed E-state index contributed by atoms with van der Waals surface area (Å²) < 4.78 is 47.9. The molecule has 3 aliphatic rings. The molecule has 6 rings (SSSR count). The average Bonchev–Trinajstić information content (AvgIpc) is 3.32. The van der Waals surface area contributed by atoms with E-state index in [1.54, 1.807) is 31.0 Å². The van der Waals surface area contributed by atoms with Crippen LogP contribution in [0, 0.1) is 17.2 Å². The molecule has 1 aromatic heterocycles. The first kappa shape index (κ1) is 41.4. The molecule has 1 N–H and O–H groups in total. The Hall–Kier alpha value is -5.20. The summed E-state index contributed by atoms with van der Waals surface area (Å²) >= 11 is 5.71. The van der Waals surface area contributed by atoms with Gasteiger partial charge in [0.2, 0.25) is 17.7 Å². The second-order valence-corrected chi connectivity index (χ2v) is 16.0. The summed E-state index contributed by atoms with van der Waals surface area (Å²) in [6.07, 6.45) is 0.00588. The van der Waals surface area contributed by atoms with E-state index in [0.717, 1.165) is 33.7 Å². The number of imide groups is 1. The molecule has 0 bridgehead atoms. The van der Waals surface area contributed by atoms with Crippen molar-refractivity contribution in [3.63, 3.8) is 0 Å². The molecule has 2 aromatic carbocycles. The number of nitriles is 1. The summed E-state index contributed by atoms with van der Waals surface area (Å²) in [5, 5.41) is 11.6. The average molecular weight is 803 g/mol. The van der Waals surface area contributed by atoms with Crippen molar-refractivity contribution in [2.75, 3.05) is 16.3 Å². The van der Waals surface area contributed by atoms with E-state index in [2.05, 4.69) is 29.0 Å². The van der Waals surface area contributed by atoms with Crippen molar-refractivity contribution >= 4 is 52.2 Å². The topological polar surface area (TPSA) is 136 Å². The maximum atomic E-state index is 13.8. The minimum absolute atomic E-state index is 0.0233. The Morgan fingerprint density at radius 2 is 1.75 bits per heavy atom. The Kier molecular flexibility index (Phi) is 11.9. The largest absolute Gasteiger partial charge is 0.474 e. The first-order valence-corrected chi connectivity index (χ1v) is 19.5. The minimum atomic E-state index is -4.81. The van der Waals surface area contributed by atoms with Crippen LogP contribution in [-0.2, 0) is 44.6 Å². The number of benzene rings is 2. The molecule has 2 unspecified atom stereocenters. The number of nitrogens with zero attached hydrogens (tertiary/aromatic N) is 5. The lowest BCUT2D eigenvalue weighted by Crippen LogP contribution is -2.51. The Morgan fingerprint density at radius 1 is 1.05 bits per heavy atom. The van der Waals surface area contributed by atoms with Crippen molar-refractivity contribution in [3.8, 4) is 11.9 Å². The fourth-order valence-corrected chi connectivity index (χ4v) is 8.65. The van der Waals surface area contributed by atoms with Crippen LogP contribution in [-0.4, -0.2) is 68.8 Å². The van der Waals surface area contributed by atoms with Gasteiger partial charge in [0.05, 0.1) is 41.3 Å². The molecule has 57 heavy (non-hydrogen) atoms. The normalized spacial score (nSPS) is 22.7. The Morgan fingerprint density at radius 3 is 2.40 bits per heavy atom. The Labute approximate surface area is 335 Å². The van der Waals surface area contributed by atoms with Crippen LogP contribution >= 0.6 is 12.2 Å². The standard InChI is InChI=1S/C42H45F3N6O5S/c1-6-28-19-32(51-40(57)50(39(55)41(51,4)5)31-12-10-30(21-46)35(20-31)42(43,44)45)22-47-38(28)56-34-14-24(2)49(25(3)15-34)23-33(52)18-27-9-7-8-26(16-27)17-29-11-13-36(53)48-37(29)54/h7-10,12,16,19-20,22,24-25,29,34H,6,11,13-15,17-18,23H2,1-5H3,(H,48,53,54)/t24-,25+,29?,34?. The number of hydrogen-bond donors (Lipinski definition) is 1. The number of likely N-dealkylation sites (tertiary alicyclic amines) is 1. The number of aromatic nitrogens is 1. The second kappa shape index (κ2) is 16.3. The van der Waals surface area contributed by atoms with Crippen molar-refractivity contribution < 1.29 is 37.1 Å². The van der Waals surface area contributed by atoms with Crippen LogP contribution in [0.25, 0.3) is 0 Å². The van der Waals surface area contributed by atoms with E-state index >= 15 is 0 Å². The number of aryl methyl sites for hydroxylation is 1. The van der Waals surface area contributed by atoms with Crippen molar-refractivity contribution in [1.82, 2.24) is 15.2 Å². The highest BCUT2D eigenvalue weighted by Gasteiger charge is 2.51. The summed E-state index contributed by atoms with van der Waals surface area (Å²) in [6.45, 7) is 9.63. The maximum absolute atomic E-state index is 13.8. The zero-order valence-electron chi connectivity index (χ0n) is 32.5. The highest BCUT2D eigenvalue weighted by atomic mass is 32.1. The van der Waals surface area contributed by atoms with Gasteiger partial charge < -0.3 is 9.64 Å². The third-order valence-electron chi connectivity index (χ3n) is 11.1. The molecule has 3 aromatic rings. The first-order valence-electron chi connectivity index (χ1n) is 19.1. The van der Waals surface area contributed by atoms with Gasteiger partial charge in [-0.3, -0.25) is 34.3 Å². The minimum Gasteiger partial charge on any atom is -0.474 e. The van der Waals surface area contributed by atoms with Crippen LogP contribution < -0.4 is 19.9 Å². The quantitative estimate of drug-likeness (QED) is 0.170. The van der Waals surface area contributed by atoms with Crippen molar-refractivity contribution in [3.05, 3.63) is 82.5 Å². The van der Waals surface area contributed by atoms with E-state index in [1.807, 2.05) is 37.3 Å². The van der Waals surface area contributed by atoms with Gasteiger partial charge in [-0.25, -0.2) is 4.98 Å². The molecule has 300 valence electrons. The number of carbonyl (C=O) groups excluding carboxylic acids is 4. The smallest absolute Gasteiger partial charge is 0.417 e. The lowest BCUT2D eigenvalue weighted by atomic mass is 9.90. The van der Waals surface area contributed by atoms with Gasteiger partial charge >= 0.3 is 6.18 Å². The molecule has 0 saturated carbocycles. The van der Waals surface area contributed by atoms with Crippen LogP contribution in [0.5, 0.6) is 5.88 Å². The number of thiocarbonyl (C=S) groups is 1. The molecule has 3 saturated heterocycles. The summed E-state index contributed by atoms with van der Waals surface area (Å²) in [5.74, 6) is -0.783. The zero-order chi connectivity index (χ0) is 41.4. The summed E-state index contributed by atoms with van der Waals surface area (Å²) in [6, 6.07) is 14.2. The molecule has 4 atom stereocenters. The third kappa shape index (κ3) is 8.72. The van der Waals surface area contributed by atoms with Gasteiger partial charge in [0, 0.05) is 36.4 Å². The number of nitrogens with one attached hydrogen (secondary N) is 1. The van der Waals surface area contributed by atoms with Crippen LogP contribution in [0.4, 0.5) is 24.5 Å². The predicted molar refractivity (Wildman–Crippen MR) is 210 cm³/mol. The lowest BCUT2D eigenvalue weighted by Gasteiger charge is -2.42. The Balaban J connectivity index is 1.10. The van der Waals surface area contributed by atoms with Crippen LogP contribution in [0.3, 0.4) is 0 Å². The predicted octanol–water partition coefficient (Wildman–Crippen LogP) is 6.48. The highest BCUT2D eigenvalue weighted by Crippen LogP contribution is 2.40. The van der Waals surface area contributed by atoms with E-state index in [1.165, 1.54) is 6.07 Å². The number of carbonyl (C=O) groups is 4. The number of piperidine rings is 2. The fourth-order valence-electron chi connectivity index (χ4n) is 8.13. The number of amides is 3. The molecule has 3 aliphatic heterocycles. The van der Waals surface area contributed by atoms with E-state index in [0.29, 0.717) is 50.1 Å². The number of halogens is 3. The van der Waals surface area contributed by atoms with Crippen molar-refractivity contribution in [1.29, 1.82) is 5.26 Å². The van der Waals surface area contributed by atoms with Crippen LogP contribution in [0.2, 0.25) is 0 Å². The summed E-state index contributed by atoms with van der Waals surface area (Å²) in [7, 11) is 0. The maximum Gasteiger partial charge on any atom is 0.417 e. The highest BCUT2D eigenvalue weighted by molar-refractivity contribution is 7.81. The monoisotopic (exact) mass is 802 g/mol. The van der Waals surface area contributed by atoms with Gasteiger partial charge in [-0.05, 0) is 107 Å². The van der Waals surface area contributed by atoms with Gasteiger partial charge in [-0.1, -0.05) is 31.2 Å². The molecule has 3 amide bonds. The summed E-state index contributed by atoms with van der Waals surface area (Å²) in [4.78, 5) is 60.3. The number of rotatable bonds is 11. The van der Waals surface area contributed by atoms with Gasteiger partial charge in [0.15, 0.2) is 10.9 Å². The molecule has 0 aliphatic carbocycles. The number of anilines is 2. The third-order valence-corrected chi connectivity index (χ3v) is 11.5. The first-order chi connectivity index (χ1) is 26.9. The molecule has 4 heterocycles. The van der Waals surface area contributed by atoms with Crippen molar-refractivity contribution in [2.24, 2.45) is 5.92 Å². The number of hydrogen-bond acceptors (Lipinski definition) is 9. The summed E-state index contributed by atoms with van der Waals surface area (Å²) in [5.41, 5.74) is -0.00863. The lowest BCUT2D eigenvalue weighted by molar-refractivity contribution is -0.138. The van der Waals surface area contributed by atoms with Crippen LogP contribution in [0.1, 0.15) is 88.1 Å². The number of pyridine rings is 1. The van der Waals surface area contributed by atoms with Gasteiger partial charge in [-0.15, -0.1) is 0 Å². The van der Waals surface area contributed by atoms with E-state index in [9.17, 15) is 37.6 Å². The zero-order valence-corrected chi connectivity index (χ0v) is 33.3. The van der Waals surface area contributed by atoms with E-state index < -0.39 is 28.7 Å². The van der Waals surface area contributed by atoms with Gasteiger partial charge in [0.1, 0.15) is 11.6 Å². The Bertz CT molecular complexity index is 2140. The number of ketones is 1. The molecule has 0 spiro atoms. The molecular formula is C42H45F3N6O5S. The molecule has 0 radical (unpaired) electrons.